The van der Waals surface area contributed by atoms with Gasteiger partial charge in [0.2, 0.25) is 5.16 Å². The number of tetrazole rings is 1. The fraction of sp³-hybridized carbons (Fsp3) is 0.889. The summed E-state index contributed by atoms with van der Waals surface area (Å²) < 4.78 is 1.76. The second-order valence-electron chi connectivity index (χ2n) is 3.41. The molecule has 0 amide bonds. The van der Waals surface area contributed by atoms with E-state index in [9.17, 15) is 5.11 Å². The molecule has 1 heterocycles. The number of likely N-dealkylation sites (N-methyl/N-ethyl adjacent to an activating group) is 1. The first-order valence-corrected chi connectivity index (χ1v) is 6.54. The third-order valence-corrected chi connectivity index (χ3v) is 3.23. The molecule has 0 radical (unpaired) electrons. The van der Waals surface area contributed by atoms with Crippen molar-refractivity contribution in [3.05, 3.63) is 0 Å². The maximum absolute atomic E-state index is 9.45. The van der Waals surface area contributed by atoms with Crippen molar-refractivity contribution in [2.75, 3.05) is 18.8 Å². The van der Waals surface area contributed by atoms with Crippen molar-refractivity contribution in [2.45, 2.75) is 38.1 Å². The Bertz CT molecular complexity index is 293. The average Bonchev–Trinajstić information content (AvgIpc) is 2.74. The summed E-state index contributed by atoms with van der Waals surface area (Å²) in [5.74, 6) is 0.637. The Hall–Kier alpha value is -0.660. The second kappa shape index (κ2) is 7.59. The van der Waals surface area contributed by atoms with Crippen LogP contribution in [-0.4, -0.2) is 50.3 Å². The monoisotopic (exact) mass is 245 g/mol. The number of rotatable bonds is 8. The van der Waals surface area contributed by atoms with Crippen LogP contribution in [0.25, 0.3) is 0 Å². The quantitative estimate of drug-likeness (QED) is 0.501. The summed E-state index contributed by atoms with van der Waals surface area (Å²) in [4.78, 5) is 0. The van der Waals surface area contributed by atoms with Crippen LogP contribution in [0, 0.1) is 0 Å². The van der Waals surface area contributed by atoms with Crippen LogP contribution < -0.4 is 5.32 Å². The van der Waals surface area contributed by atoms with E-state index in [4.69, 9.17) is 0 Å². The van der Waals surface area contributed by atoms with Crippen molar-refractivity contribution in [3.8, 4) is 0 Å². The third kappa shape index (κ3) is 4.46. The highest BCUT2D eigenvalue weighted by Gasteiger charge is 2.08. The number of aliphatic hydroxyl groups excluding tert-OH is 1. The minimum absolute atomic E-state index is 0.288. The minimum atomic E-state index is -0.288. The second-order valence-corrected chi connectivity index (χ2v) is 4.40. The van der Waals surface area contributed by atoms with E-state index in [0.717, 1.165) is 31.2 Å². The molecule has 0 spiro atoms. The highest BCUT2D eigenvalue weighted by Crippen LogP contribution is 2.15. The molecule has 0 aliphatic carbocycles. The van der Waals surface area contributed by atoms with Crippen molar-refractivity contribution >= 4 is 11.8 Å². The SMILES string of the molecule is CCNCCn1nnnc1SCC(O)CC. The average molecular weight is 245 g/mol. The zero-order valence-electron chi connectivity index (χ0n) is 9.76. The smallest absolute Gasteiger partial charge is 0.209 e. The van der Waals surface area contributed by atoms with Gasteiger partial charge in [0.15, 0.2) is 0 Å². The van der Waals surface area contributed by atoms with Crippen molar-refractivity contribution in [2.24, 2.45) is 0 Å². The van der Waals surface area contributed by atoms with Gasteiger partial charge in [-0.15, -0.1) is 5.10 Å². The third-order valence-electron chi connectivity index (χ3n) is 2.13. The van der Waals surface area contributed by atoms with Crippen LogP contribution in [0.3, 0.4) is 0 Å². The number of nitrogens with zero attached hydrogens (tertiary/aromatic N) is 4. The van der Waals surface area contributed by atoms with Gasteiger partial charge in [0.25, 0.3) is 0 Å². The molecule has 1 atom stereocenters. The molecule has 0 saturated heterocycles. The Kier molecular flexibility index (Phi) is 6.36. The van der Waals surface area contributed by atoms with Crippen molar-refractivity contribution in [1.82, 2.24) is 25.5 Å². The van der Waals surface area contributed by atoms with Crippen LogP contribution >= 0.6 is 11.8 Å². The van der Waals surface area contributed by atoms with E-state index in [1.807, 2.05) is 6.92 Å². The van der Waals surface area contributed by atoms with Gasteiger partial charge >= 0.3 is 0 Å². The maximum Gasteiger partial charge on any atom is 0.209 e. The van der Waals surface area contributed by atoms with E-state index >= 15 is 0 Å². The Morgan fingerprint density at radius 3 is 3.00 bits per heavy atom. The fourth-order valence-corrected chi connectivity index (χ4v) is 2.04. The van der Waals surface area contributed by atoms with E-state index in [2.05, 4.69) is 27.8 Å². The molecule has 0 aromatic carbocycles. The molecule has 0 aliphatic rings. The molecule has 0 saturated carbocycles. The van der Waals surface area contributed by atoms with Crippen molar-refractivity contribution < 1.29 is 5.11 Å². The van der Waals surface area contributed by atoms with Gasteiger partial charge in [-0.05, 0) is 23.4 Å². The molecule has 1 rings (SSSR count). The topological polar surface area (TPSA) is 75.9 Å². The number of aromatic nitrogens is 4. The predicted molar refractivity (Wildman–Crippen MR) is 63.4 cm³/mol. The zero-order valence-corrected chi connectivity index (χ0v) is 10.6. The van der Waals surface area contributed by atoms with Gasteiger partial charge in [-0.3, -0.25) is 0 Å². The van der Waals surface area contributed by atoms with Crippen LogP contribution in [0.1, 0.15) is 20.3 Å². The molecule has 2 N–H and O–H groups in total. The highest BCUT2D eigenvalue weighted by atomic mass is 32.2. The lowest BCUT2D eigenvalue weighted by atomic mass is 10.3. The van der Waals surface area contributed by atoms with Crippen LogP contribution in [-0.2, 0) is 6.54 Å². The van der Waals surface area contributed by atoms with Crippen LogP contribution in [0.2, 0.25) is 0 Å². The molecule has 1 aromatic heterocycles. The van der Waals surface area contributed by atoms with Crippen LogP contribution in [0.4, 0.5) is 0 Å². The summed E-state index contributed by atoms with van der Waals surface area (Å²) in [5.41, 5.74) is 0. The van der Waals surface area contributed by atoms with E-state index in [1.165, 1.54) is 11.8 Å². The minimum Gasteiger partial charge on any atom is -0.392 e. The largest absolute Gasteiger partial charge is 0.392 e. The molecule has 1 unspecified atom stereocenters. The van der Waals surface area contributed by atoms with Crippen molar-refractivity contribution in [3.63, 3.8) is 0 Å². The lowest BCUT2D eigenvalue weighted by molar-refractivity contribution is 0.195. The normalized spacial score (nSPS) is 12.9. The summed E-state index contributed by atoms with van der Waals surface area (Å²) in [6.45, 7) is 6.57. The fourth-order valence-electron chi connectivity index (χ4n) is 1.09. The number of thioether (sulfide) groups is 1. The van der Waals surface area contributed by atoms with Gasteiger partial charge in [0, 0.05) is 12.3 Å². The first-order chi connectivity index (χ1) is 7.77. The van der Waals surface area contributed by atoms with Crippen molar-refractivity contribution in [1.29, 1.82) is 0 Å². The zero-order chi connectivity index (χ0) is 11.8. The Labute approximate surface area is 99.8 Å². The summed E-state index contributed by atoms with van der Waals surface area (Å²) in [6, 6.07) is 0. The highest BCUT2D eigenvalue weighted by molar-refractivity contribution is 7.99. The Balaban J connectivity index is 2.37. The number of aliphatic hydroxyl groups is 1. The van der Waals surface area contributed by atoms with E-state index in [1.54, 1.807) is 4.68 Å². The van der Waals surface area contributed by atoms with Gasteiger partial charge in [-0.2, -0.15) is 0 Å². The lowest BCUT2D eigenvalue weighted by Gasteiger charge is -2.07. The molecule has 0 aliphatic heterocycles. The molecular formula is C9H19N5OS. The molecule has 0 fully saturated rings. The van der Waals surface area contributed by atoms with Gasteiger partial charge in [0.05, 0.1) is 12.6 Å². The van der Waals surface area contributed by atoms with Gasteiger partial charge < -0.3 is 10.4 Å². The number of hydrogen-bond acceptors (Lipinski definition) is 6. The summed E-state index contributed by atoms with van der Waals surface area (Å²) in [7, 11) is 0. The first-order valence-electron chi connectivity index (χ1n) is 5.55. The van der Waals surface area contributed by atoms with Crippen LogP contribution in [0.5, 0.6) is 0 Å². The summed E-state index contributed by atoms with van der Waals surface area (Å²) in [6.07, 6.45) is 0.468. The van der Waals surface area contributed by atoms with Gasteiger partial charge in [-0.1, -0.05) is 25.6 Å². The van der Waals surface area contributed by atoms with E-state index < -0.39 is 0 Å². The van der Waals surface area contributed by atoms with E-state index in [-0.39, 0.29) is 6.10 Å². The molecule has 6 nitrogen and oxygen atoms in total. The maximum atomic E-state index is 9.45. The molecule has 16 heavy (non-hydrogen) atoms. The summed E-state index contributed by atoms with van der Waals surface area (Å²) in [5, 5.41) is 24.9. The Morgan fingerprint density at radius 2 is 2.31 bits per heavy atom. The first kappa shape index (κ1) is 13.4. The molecular weight excluding hydrogens is 226 g/mol. The van der Waals surface area contributed by atoms with Crippen LogP contribution in [0.15, 0.2) is 5.16 Å². The predicted octanol–water partition coefficient (Wildman–Crippen LogP) is 0.146. The van der Waals surface area contributed by atoms with E-state index in [0.29, 0.717) is 5.75 Å². The van der Waals surface area contributed by atoms with Gasteiger partial charge in [-0.25, -0.2) is 4.68 Å². The van der Waals surface area contributed by atoms with Gasteiger partial charge in [0.1, 0.15) is 0 Å². The Morgan fingerprint density at radius 1 is 1.50 bits per heavy atom. The lowest BCUT2D eigenvalue weighted by Crippen LogP contribution is -2.20. The number of hydrogen-bond donors (Lipinski definition) is 2. The standard InChI is InChI=1S/C9H19N5OS/c1-3-8(15)7-16-9-11-12-13-14(9)6-5-10-4-2/h8,10,15H,3-7H2,1-2H3. The molecule has 92 valence electrons. The number of nitrogens with one attached hydrogen (secondary N) is 1. The summed E-state index contributed by atoms with van der Waals surface area (Å²) >= 11 is 1.49. The molecule has 1 aromatic rings. The molecule has 7 heteroatoms. The molecule has 0 bridgehead atoms.